The number of β-lactam (4-membered cyclic amide) rings is 1. The first-order chi connectivity index (χ1) is 34.7. The molecule has 2 unspecified atom stereocenters. The number of oxime groups is 1. The smallest absolute Gasteiger partial charge is 0.356 e. The van der Waals surface area contributed by atoms with Crippen LogP contribution in [0.2, 0.25) is 0 Å². The molecule has 1 saturated heterocycles. The second-order valence-electron chi connectivity index (χ2n) is 16.4. The Hall–Kier alpha value is -7.87. The second-order valence-corrected chi connectivity index (χ2v) is 18.8. The van der Waals surface area contributed by atoms with Crippen molar-refractivity contribution in [3.63, 3.8) is 0 Å². The molecule has 0 radical (unpaired) electrons. The zero-order valence-corrected chi connectivity index (χ0v) is 40.8. The van der Waals surface area contributed by atoms with E-state index in [9.17, 15) is 19.2 Å². The lowest BCUT2D eigenvalue weighted by atomic mass is 9.77. The molecule has 2 aromatic heterocycles. The normalized spacial score (nSPS) is 15.6. The lowest BCUT2D eigenvalue weighted by Gasteiger charge is -2.49. The van der Waals surface area contributed by atoms with Gasteiger partial charge in [0.25, 0.3) is 11.8 Å². The number of hydrogen-bond acceptors (Lipinski definition) is 15. The van der Waals surface area contributed by atoms with Crippen LogP contribution in [0.15, 0.2) is 173 Å². The summed E-state index contributed by atoms with van der Waals surface area (Å²) < 4.78 is 7.84. The topological polar surface area (TPSA) is 195 Å². The van der Waals surface area contributed by atoms with E-state index in [1.165, 1.54) is 46.7 Å². The van der Waals surface area contributed by atoms with Gasteiger partial charge in [-0.3, -0.25) is 19.3 Å². The second kappa shape index (κ2) is 21.8. The highest BCUT2D eigenvalue weighted by Crippen LogP contribution is 2.44. The van der Waals surface area contributed by atoms with Crippen molar-refractivity contribution < 1.29 is 28.8 Å². The molecule has 4 heterocycles. The van der Waals surface area contributed by atoms with Crippen LogP contribution in [0.3, 0.4) is 0 Å². The standard InChI is InChI=1S/C52H46N10O6S3/c1-33(63)53-28-29-61-46(57-59-60-61)41(69)30-36-31-70-49-43(48(65)62(49)44(36)50(66)68-45(34-18-8-3-9-19-34)35-20-10-4-11-21-35)55-47(64)42(58-67-2)40-32-71-51(54-40)56-52(37-22-12-5-13-23-37,38-24-14-6-15-25-38)39-26-16-7-17-27-39/h3-27,32,43,45,49H,28-31H2,1-2H3,(H,53,63)(H,54,56)(H,55,64). The number of tetrazole rings is 1. The summed E-state index contributed by atoms with van der Waals surface area (Å²) in [6.07, 6.45) is -0.789. The first kappa shape index (κ1) is 48.2. The molecule has 71 heavy (non-hydrogen) atoms. The van der Waals surface area contributed by atoms with Crippen LogP contribution in [-0.2, 0) is 40.8 Å². The Morgan fingerprint density at radius 2 is 1.41 bits per heavy atom. The Morgan fingerprint density at radius 3 is 1.96 bits per heavy atom. The van der Waals surface area contributed by atoms with Gasteiger partial charge in [-0.1, -0.05) is 169 Å². The van der Waals surface area contributed by atoms with Crippen LogP contribution in [-0.4, -0.2) is 95.2 Å². The number of fused-ring (bicyclic) bond motifs is 1. The molecule has 2 atom stereocenters. The van der Waals surface area contributed by atoms with E-state index in [4.69, 9.17) is 26.8 Å². The molecule has 5 aromatic carbocycles. The quantitative estimate of drug-likeness (QED) is 0.0146. The van der Waals surface area contributed by atoms with Gasteiger partial charge in [-0.15, -0.1) is 28.2 Å². The van der Waals surface area contributed by atoms with E-state index in [0.717, 1.165) is 27.8 Å². The monoisotopic (exact) mass is 1000 g/mol. The van der Waals surface area contributed by atoms with Gasteiger partial charge in [-0.2, -0.15) is 0 Å². The number of carbonyl (C=O) groups excluding carboxylic acids is 4. The summed E-state index contributed by atoms with van der Waals surface area (Å²) in [6.45, 7) is 1.92. The van der Waals surface area contributed by atoms with Crippen LogP contribution in [0.5, 0.6) is 0 Å². The Labute approximate surface area is 422 Å². The van der Waals surface area contributed by atoms with Gasteiger partial charge in [0.15, 0.2) is 22.8 Å². The highest BCUT2D eigenvalue weighted by atomic mass is 32.2. The molecule has 3 amide bonds. The number of thioether (sulfide) groups is 1. The number of carbonyl (C=O) groups is 4. The van der Waals surface area contributed by atoms with Gasteiger partial charge < -0.3 is 25.5 Å². The largest absolute Gasteiger partial charge is 0.448 e. The summed E-state index contributed by atoms with van der Waals surface area (Å²) in [7, 11) is 1.33. The molecule has 0 aliphatic carbocycles. The van der Waals surface area contributed by atoms with Crippen LogP contribution in [0, 0.1) is 0 Å². The van der Waals surface area contributed by atoms with Gasteiger partial charge in [-0.05, 0) is 43.8 Å². The molecule has 358 valence electrons. The number of amides is 3. The summed E-state index contributed by atoms with van der Waals surface area (Å²) in [6, 6.07) is 47.7. The SMILES string of the molecule is CON=C(C(=O)NC1C(=O)N2C(C(=O)OC(c3ccccc3)c3ccccc3)=C(CC(=S)c3nnnn3CCNC(C)=O)CSC12)c1csc(NC(c2ccccc2)(c2ccccc2)c2ccccc2)n1. The average Bonchev–Trinajstić information content (AvgIpc) is 4.09. The number of nitrogens with zero attached hydrogens (tertiary/aromatic N) is 7. The fourth-order valence-corrected chi connectivity index (χ4v) is 11.0. The number of nitrogens with one attached hydrogen (secondary N) is 3. The number of thiocarbonyl (C=S) groups is 1. The number of aromatic nitrogens is 5. The van der Waals surface area contributed by atoms with E-state index >= 15 is 0 Å². The number of anilines is 1. The summed E-state index contributed by atoms with van der Waals surface area (Å²) in [5, 5.41) is 26.9. The van der Waals surface area contributed by atoms with Crippen molar-refractivity contribution in [2.45, 2.75) is 42.9 Å². The molecule has 9 rings (SSSR count). The summed E-state index contributed by atoms with van der Waals surface area (Å²) in [5.41, 5.74) is 4.04. The first-order valence-electron chi connectivity index (χ1n) is 22.5. The number of ether oxygens (including phenoxy) is 1. The molecular formula is C52H46N10O6S3. The molecule has 7 aromatic rings. The van der Waals surface area contributed by atoms with E-state index in [1.807, 2.05) is 115 Å². The summed E-state index contributed by atoms with van der Waals surface area (Å²) in [5.74, 6) is -1.69. The van der Waals surface area contributed by atoms with E-state index in [2.05, 4.69) is 73.0 Å². The van der Waals surface area contributed by atoms with Gasteiger partial charge in [0, 0.05) is 31.0 Å². The average molecular weight is 1000 g/mol. The zero-order chi connectivity index (χ0) is 49.3. The van der Waals surface area contributed by atoms with Crippen molar-refractivity contribution in [1.82, 2.24) is 40.7 Å². The number of thiazole rings is 1. The predicted molar refractivity (Wildman–Crippen MR) is 274 cm³/mol. The van der Waals surface area contributed by atoms with Crippen molar-refractivity contribution >= 4 is 74.7 Å². The Bertz CT molecular complexity index is 2970. The van der Waals surface area contributed by atoms with Crippen molar-refractivity contribution in [3.05, 3.63) is 208 Å². The number of benzene rings is 5. The maximum absolute atomic E-state index is 14.8. The van der Waals surface area contributed by atoms with Crippen molar-refractivity contribution in [2.24, 2.45) is 5.16 Å². The molecule has 19 heteroatoms. The van der Waals surface area contributed by atoms with Crippen molar-refractivity contribution in [1.29, 1.82) is 0 Å². The van der Waals surface area contributed by atoms with Gasteiger partial charge in [0.05, 0.1) is 11.4 Å². The van der Waals surface area contributed by atoms with Gasteiger partial charge >= 0.3 is 5.97 Å². The molecule has 16 nitrogen and oxygen atoms in total. The minimum absolute atomic E-state index is 0.0143. The minimum atomic E-state index is -1.07. The van der Waals surface area contributed by atoms with Crippen LogP contribution < -0.4 is 16.0 Å². The third-order valence-corrected chi connectivity index (χ3v) is 14.3. The maximum atomic E-state index is 14.8. The molecule has 1 fully saturated rings. The van der Waals surface area contributed by atoms with Gasteiger partial charge in [0.1, 0.15) is 35.5 Å². The third-order valence-electron chi connectivity index (χ3n) is 11.9. The number of rotatable bonds is 19. The highest BCUT2D eigenvalue weighted by molar-refractivity contribution is 8.00. The Kier molecular flexibility index (Phi) is 14.8. The summed E-state index contributed by atoms with van der Waals surface area (Å²) >= 11 is 8.53. The first-order valence-corrected chi connectivity index (χ1v) is 24.8. The minimum Gasteiger partial charge on any atom is -0.448 e. The van der Waals surface area contributed by atoms with E-state index in [0.29, 0.717) is 15.6 Å². The van der Waals surface area contributed by atoms with Gasteiger partial charge in [0.2, 0.25) is 5.91 Å². The lowest BCUT2D eigenvalue weighted by Crippen LogP contribution is -2.71. The molecule has 0 bridgehead atoms. The third kappa shape index (κ3) is 10.2. The molecule has 2 aliphatic rings. The van der Waals surface area contributed by atoms with Crippen LogP contribution >= 0.6 is 35.3 Å². The molecular weight excluding hydrogens is 957 g/mol. The Morgan fingerprint density at radius 1 is 0.845 bits per heavy atom. The van der Waals surface area contributed by atoms with Crippen molar-refractivity contribution in [3.8, 4) is 0 Å². The van der Waals surface area contributed by atoms with Crippen molar-refractivity contribution in [2.75, 3.05) is 24.7 Å². The number of esters is 1. The van der Waals surface area contributed by atoms with Crippen LogP contribution in [0.4, 0.5) is 5.13 Å². The van der Waals surface area contributed by atoms with E-state index < -0.39 is 40.8 Å². The molecule has 0 saturated carbocycles. The summed E-state index contributed by atoms with van der Waals surface area (Å²) in [4.78, 5) is 66.9. The van der Waals surface area contributed by atoms with Gasteiger partial charge in [-0.25, -0.2) is 14.5 Å². The zero-order valence-electron chi connectivity index (χ0n) is 38.4. The maximum Gasteiger partial charge on any atom is 0.356 e. The lowest BCUT2D eigenvalue weighted by molar-refractivity contribution is -0.154. The van der Waals surface area contributed by atoms with Crippen LogP contribution in [0.25, 0.3) is 0 Å². The molecule has 2 aliphatic heterocycles. The highest BCUT2D eigenvalue weighted by Gasteiger charge is 2.55. The van der Waals surface area contributed by atoms with E-state index in [1.54, 1.807) is 5.38 Å². The van der Waals surface area contributed by atoms with E-state index in [-0.39, 0.29) is 54.1 Å². The predicted octanol–water partition coefficient (Wildman–Crippen LogP) is 6.82. The fraction of sp³-hybridized carbons (Fsp3) is 0.192. The number of hydrogen-bond donors (Lipinski definition) is 3. The molecule has 3 N–H and O–H groups in total. The Balaban J connectivity index is 0.993. The fourth-order valence-electron chi connectivity index (χ4n) is 8.61. The molecule has 0 spiro atoms. The van der Waals surface area contributed by atoms with Crippen LogP contribution in [0.1, 0.15) is 58.8 Å².